The number of nitrogens with zero attached hydrogens (tertiary/aromatic N) is 7. The van der Waals surface area contributed by atoms with E-state index in [1.54, 1.807) is 30.0 Å². The average Bonchev–Trinajstić information content (AvgIpc) is 3.54. The summed E-state index contributed by atoms with van der Waals surface area (Å²) in [6, 6.07) is 1.03. The average molecular weight is 549 g/mol. The predicted octanol–water partition coefficient (Wildman–Crippen LogP) is 1.92. The lowest BCUT2D eigenvalue weighted by atomic mass is 9.97. The Morgan fingerprint density at radius 1 is 1.28 bits per heavy atom. The third-order valence-electron chi connectivity index (χ3n) is 5.59. The van der Waals surface area contributed by atoms with Crippen molar-refractivity contribution < 1.29 is 19.7 Å². The van der Waals surface area contributed by atoms with Gasteiger partial charge in [0.2, 0.25) is 0 Å². The highest BCUT2D eigenvalue weighted by molar-refractivity contribution is 8.00. The molecule has 4 aromatic rings. The number of pyridine rings is 1. The third-order valence-corrected chi connectivity index (χ3v) is 7.65. The molecular formula is C21H21ClN8O4S2. The number of thioether (sulfide) groups is 1. The lowest BCUT2D eigenvalue weighted by Gasteiger charge is -2.43. The minimum absolute atomic E-state index is 0.409. The molecule has 5 atom stereocenters. The molecule has 0 amide bonds. The SMILES string of the molecule is COC1[C@@H](Sc2cc(Cl)cnc2-c2cncnc2)OC(CO)[C@H](O)[C@@H]1n1cc(-c2csc(N)n2)nn1. The Kier molecular flexibility index (Phi) is 7.43. The Bertz CT molecular complexity index is 1330. The van der Waals surface area contributed by atoms with E-state index in [9.17, 15) is 10.2 Å². The summed E-state index contributed by atoms with van der Waals surface area (Å²) in [6.45, 7) is -0.414. The van der Waals surface area contributed by atoms with Crippen LogP contribution in [-0.4, -0.2) is 82.6 Å². The van der Waals surface area contributed by atoms with Crippen LogP contribution >= 0.6 is 34.7 Å². The summed E-state index contributed by atoms with van der Waals surface area (Å²) in [5.74, 6) is 0. The zero-order valence-corrected chi connectivity index (χ0v) is 21.1. The maximum atomic E-state index is 11.1. The predicted molar refractivity (Wildman–Crippen MR) is 133 cm³/mol. The number of aromatic nitrogens is 7. The van der Waals surface area contributed by atoms with E-state index in [2.05, 4.69) is 30.2 Å². The van der Waals surface area contributed by atoms with E-state index < -0.39 is 36.4 Å². The minimum atomic E-state index is -1.13. The molecule has 1 aliphatic rings. The molecule has 0 bridgehead atoms. The third kappa shape index (κ3) is 4.93. The summed E-state index contributed by atoms with van der Waals surface area (Å²) in [5.41, 5.74) is 7.44. The molecule has 0 aliphatic carbocycles. The van der Waals surface area contributed by atoms with Gasteiger partial charge in [0.1, 0.15) is 47.5 Å². The largest absolute Gasteiger partial charge is 0.394 e. The maximum absolute atomic E-state index is 11.1. The number of ether oxygens (including phenoxy) is 2. The van der Waals surface area contributed by atoms with E-state index in [0.717, 1.165) is 0 Å². The number of anilines is 1. The number of hydrogen-bond donors (Lipinski definition) is 3. The van der Waals surface area contributed by atoms with E-state index in [0.29, 0.717) is 37.7 Å². The molecule has 1 aliphatic heterocycles. The van der Waals surface area contributed by atoms with Gasteiger partial charge in [0, 0.05) is 41.5 Å². The number of methoxy groups -OCH3 is 1. The van der Waals surface area contributed by atoms with Crippen molar-refractivity contribution in [2.45, 2.75) is 34.7 Å². The van der Waals surface area contributed by atoms with Crippen LogP contribution in [0.3, 0.4) is 0 Å². The Hall–Kier alpha value is -2.72. The van der Waals surface area contributed by atoms with Gasteiger partial charge in [-0.15, -0.1) is 16.4 Å². The van der Waals surface area contributed by atoms with Crippen LogP contribution < -0.4 is 5.73 Å². The second-order valence-corrected chi connectivity index (χ2v) is 10.3. The van der Waals surface area contributed by atoms with E-state index in [1.165, 1.54) is 47.4 Å². The van der Waals surface area contributed by atoms with Gasteiger partial charge in [-0.1, -0.05) is 28.6 Å². The van der Waals surface area contributed by atoms with Crippen molar-refractivity contribution in [2.75, 3.05) is 19.5 Å². The van der Waals surface area contributed by atoms with Gasteiger partial charge in [-0.25, -0.2) is 19.6 Å². The Morgan fingerprint density at radius 3 is 2.78 bits per heavy atom. The lowest BCUT2D eigenvalue weighted by molar-refractivity contribution is -0.186. The molecular weight excluding hydrogens is 528 g/mol. The molecule has 1 saturated heterocycles. The van der Waals surface area contributed by atoms with Gasteiger partial charge in [0.25, 0.3) is 0 Å². The van der Waals surface area contributed by atoms with Crippen molar-refractivity contribution in [3.8, 4) is 22.6 Å². The Labute approximate surface area is 218 Å². The van der Waals surface area contributed by atoms with Crippen LogP contribution in [0.15, 0.2) is 47.5 Å². The number of aliphatic hydroxyl groups excluding tert-OH is 2. The number of hydrogen-bond acceptors (Lipinski definition) is 13. The van der Waals surface area contributed by atoms with E-state index in [1.807, 2.05) is 0 Å². The summed E-state index contributed by atoms with van der Waals surface area (Å²) in [6.07, 6.45) is 5.19. The van der Waals surface area contributed by atoms with Crippen molar-refractivity contribution >= 4 is 39.8 Å². The molecule has 2 unspecified atom stereocenters. The van der Waals surface area contributed by atoms with Gasteiger partial charge in [-0.2, -0.15) is 0 Å². The number of halogens is 1. The topological polar surface area (TPSA) is 167 Å². The molecule has 1 fully saturated rings. The number of rotatable bonds is 7. The quantitative estimate of drug-likeness (QED) is 0.307. The van der Waals surface area contributed by atoms with Crippen molar-refractivity contribution in [1.29, 1.82) is 0 Å². The van der Waals surface area contributed by atoms with Gasteiger partial charge in [-0.05, 0) is 6.07 Å². The summed E-state index contributed by atoms with van der Waals surface area (Å²) < 4.78 is 13.4. The summed E-state index contributed by atoms with van der Waals surface area (Å²) in [4.78, 5) is 17.5. The monoisotopic (exact) mass is 548 g/mol. The molecule has 36 heavy (non-hydrogen) atoms. The summed E-state index contributed by atoms with van der Waals surface area (Å²) >= 11 is 8.85. The van der Waals surface area contributed by atoms with Crippen molar-refractivity contribution in [3.05, 3.63) is 47.6 Å². The second kappa shape index (κ2) is 10.7. The van der Waals surface area contributed by atoms with Crippen molar-refractivity contribution in [3.63, 3.8) is 0 Å². The highest BCUT2D eigenvalue weighted by Crippen LogP contribution is 2.42. The first-order valence-corrected chi connectivity index (χ1v) is 12.8. The molecule has 4 aromatic heterocycles. The highest BCUT2D eigenvalue weighted by Gasteiger charge is 2.47. The highest BCUT2D eigenvalue weighted by atomic mass is 35.5. The number of thiazole rings is 1. The normalized spacial score (nSPS) is 24.2. The molecule has 0 spiro atoms. The van der Waals surface area contributed by atoms with Gasteiger partial charge >= 0.3 is 0 Å². The van der Waals surface area contributed by atoms with Crippen LogP contribution in [0.25, 0.3) is 22.6 Å². The number of nitrogens with two attached hydrogens (primary N) is 1. The van der Waals surface area contributed by atoms with Gasteiger partial charge in [0.05, 0.1) is 23.5 Å². The standard InChI is InChI=1S/C21H21ClN8O4S2/c1-33-19-17(30-6-12(28-29-30)13-8-35-21(23)27-13)18(32)14(7-31)34-20(19)36-15-2-11(22)5-26-16(15)10-3-24-9-25-4-10/h2-6,8-9,14,17-20,31-32H,7H2,1H3,(H2,23,27)/t14?,17-,18-,19?,20+/m0/s1. The molecule has 15 heteroatoms. The maximum Gasteiger partial charge on any atom is 0.180 e. The van der Waals surface area contributed by atoms with Crippen LogP contribution in [0.1, 0.15) is 6.04 Å². The van der Waals surface area contributed by atoms with E-state index in [4.69, 9.17) is 26.8 Å². The van der Waals surface area contributed by atoms with E-state index >= 15 is 0 Å². The molecule has 0 saturated carbocycles. The zero-order valence-electron chi connectivity index (χ0n) is 18.7. The zero-order chi connectivity index (χ0) is 25.2. The lowest BCUT2D eigenvalue weighted by Crippen LogP contribution is -2.55. The number of aliphatic hydroxyl groups is 2. The fraction of sp³-hybridized carbons (Fsp3) is 0.333. The van der Waals surface area contributed by atoms with Crippen molar-refractivity contribution in [1.82, 2.24) is 34.9 Å². The molecule has 5 heterocycles. The molecule has 0 radical (unpaired) electrons. The van der Waals surface area contributed by atoms with Crippen LogP contribution in [0, 0.1) is 0 Å². The fourth-order valence-electron chi connectivity index (χ4n) is 3.93. The Balaban J connectivity index is 1.49. The van der Waals surface area contributed by atoms with Crippen LogP contribution in [0.2, 0.25) is 5.02 Å². The van der Waals surface area contributed by atoms with Gasteiger partial charge in [-0.3, -0.25) is 4.98 Å². The molecule has 0 aromatic carbocycles. The first kappa shape index (κ1) is 25.0. The number of nitrogen functional groups attached to an aromatic ring is 1. The molecule has 4 N–H and O–H groups in total. The van der Waals surface area contributed by atoms with Gasteiger partial charge in [0.15, 0.2) is 5.13 Å². The van der Waals surface area contributed by atoms with Gasteiger partial charge < -0.3 is 25.4 Å². The van der Waals surface area contributed by atoms with Crippen LogP contribution in [-0.2, 0) is 9.47 Å². The van der Waals surface area contributed by atoms with Crippen molar-refractivity contribution in [2.24, 2.45) is 0 Å². The molecule has 5 rings (SSSR count). The fourth-order valence-corrected chi connectivity index (χ4v) is 6.04. The van der Waals surface area contributed by atoms with E-state index in [-0.39, 0.29) is 0 Å². The second-order valence-electron chi connectivity index (χ2n) is 7.81. The van der Waals surface area contributed by atoms with Crippen LogP contribution in [0.5, 0.6) is 0 Å². The summed E-state index contributed by atoms with van der Waals surface area (Å²) in [5, 5.41) is 32.1. The molecule has 188 valence electrons. The smallest absolute Gasteiger partial charge is 0.180 e. The first-order chi connectivity index (χ1) is 17.5. The summed E-state index contributed by atoms with van der Waals surface area (Å²) in [7, 11) is 1.52. The molecule has 12 nitrogen and oxygen atoms in total. The van der Waals surface area contributed by atoms with Crippen LogP contribution in [0.4, 0.5) is 5.13 Å². The minimum Gasteiger partial charge on any atom is -0.394 e. The first-order valence-electron chi connectivity index (χ1n) is 10.7. The Morgan fingerprint density at radius 2 is 2.08 bits per heavy atom.